The Labute approximate surface area is 188 Å². The molecule has 3 amide bonds. The number of carboxylic acid groups (broad SMARTS) is 1. The smallest absolute Gasteiger partial charge is 0.328 e. The third-order valence-electron chi connectivity index (χ3n) is 4.95. The molecule has 0 spiro atoms. The van der Waals surface area contributed by atoms with E-state index in [2.05, 4.69) is 28.6 Å². The van der Waals surface area contributed by atoms with Gasteiger partial charge in [-0.05, 0) is 38.6 Å². The van der Waals surface area contributed by atoms with E-state index in [0.29, 0.717) is 25.8 Å². The molecule has 0 saturated carbocycles. The number of amides is 3. The molecule has 11 nitrogen and oxygen atoms in total. The zero-order valence-corrected chi connectivity index (χ0v) is 19.2. The first-order chi connectivity index (χ1) is 14.5. The monoisotopic (exact) mass is 463 g/mol. The number of hydrogen-bond donors (Lipinski definition) is 8. The van der Waals surface area contributed by atoms with E-state index < -0.39 is 54.0 Å². The van der Waals surface area contributed by atoms with Crippen LogP contribution in [0.3, 0.4) is 0 Å². The number of carbonyl (C=O) groups excluding carboxylic acids is 3. The van der Waals surface area contributed by atoms with Gasteiger partial charge in [0, 0.05) is 5.75 Å². The predicted molar refractivity (Wildman–Crippen MR) is 119 cm³/mol. The fourth-order valence-electron chi connectivity index (χ4n) is 2.71. The fraction of sp³-hybridized carbons (Fsp3) is 0.789. The van der Waals surface area contributed by atoms with Crippen molar-refractivity contribution in [1.29, 1.82) is 0 Å². The van der Waals surface area contributed by atoms with Crippen molar-refractivity contribution in [2.24, 2.45) is 17.4 Å². The molecule has 6 atom stereocenters. The standard InChI is InChI=1S/C19H37N5O6S/c1-4-10(2)14(23-16(26)12(21)9-31)18(28)22-13(7-5-6-8-20)17(27)24-15(11(3)25)19(29)30/h10-15,25,31H,4-9,20-21H2,1-3H3,(H,22,28)(H,23,26)(H,24,27)(H,29,30). The van der Waals surface area contributed by atoms with Crippen molar-refractivity contribution in [3.63, 3.8) is 0 Å². The first-order valence-electron chi connectivity index (χ1n) is 10.4. The number of nitrogens with one attached hydrogen (secondary N) is 3. The molecule has 12 heteroatoms. The van der Waals surface area contributed by atoms with Gasteiger partial charge >= 0.3 is 5.97 Å². The Balaban J connectivity index is 5.51. The number of aliphatic hydroxyl groups is 1. The molecule has 0 aromatic rings. The van der Waals surface area contributed by atoms with Gasteiger partial charge in [0.2, 0.25) is 17.7 Å². The van der Waals surface area contributed by atoms with Gasteiger partial charge in [-0.2, -0.15) is 12.6 Å². The third-order valence-corrected chi connectivity index (χ3v) is 5.35. The maximum absolute atomic E-state index is 12.9. The van der Waals surface area contributed by atoms with Crippen LogP contribution in [0.2, 0.25) is 0 Å². The highest BCUT2D eigenvalue weighted by molar-refractivity contribution is 7.80. The fourth-order valence-corrected chi connectivity index (χ4v) is 2.88. The molecule has 0 aromatic heterocycles. The first-order valence-corrected chi connectivity index (χ1v) is 11.0. The second kappa shape index (κ2) is 15.0. The summed E-state index contributed by atoms with van der Waals surface area (Å²) in [7, 11) is 0. The number of hydrogen-bond acceptors (Lipinski definition) is 8. The lowest BCUT2D eigenvalue weighted by molar-refractivity contribution is -0.145. The molecule has 0 aliphatic heterocycles. The zero-order valence-electron chi connectivity index (χ0n) is 18.3. The van der Waals surface area contributed by atoms with E-state index in [0.717, 1.165) is 0 Å². The highest BCUT2D eigenvalue weighted by Crippen LogP contribution is 2.10. The molecule has 0 bridgehead atoms. The van der Waals surface area contributed by atoms with E-state index in [1.807, 2.05) is 6.92 Å². The average Bonchev–Trinajstić information content (AvgIpc) is 2.72. The number of carbonyl (C=O) groups is 4. The molecule has 0 fully saturated rings. The predicted octanol–water partition coefficient (Wildman–Crippen LogP) is -1.66. The largest absolute Gasteiger partial charge is 0.480 e. The van der Waals surface area contributed by atoms with Crippen molar-refractivity contribution >= 4 is 36.3 Å². The molecule has 0 radical (unpaired) electrons. The third kappa shape index (κ3) is 10.3. The van der Waals surface area contributed by atoms with E-state index >= 15 is 0 Å². The molecule has 0 aliphatic rings. The maximum atomic E-state index is 12.9. The number of carboxylic acids is 1. The lowest BCUT2D eigenvalue weighted by Crippen LogP contribution is -2.59. The summed E-state index contributed by atoms with van der Waals surface area (Å²) in [5, 5.41) is 26.2. The molecule has 0 saturated heterocycles. The van der Waals surface area contributed by atoms with Crippen LogP contribution in [0.5, 0.6) is 0 Å². The molecule has 9 N–H and O–H groups in total. The van der Waals surface area contributed by atoms with Crippen molar-refractivity contribution < 1.29 is 29.4 Å². The van der Waals surface area contributed by atoms with E-state index in [1.165, 1.54) is 6.92 Å². The Morgan fingerprint density at radius 2 is 1.55 bits per heavy atom. The van der Waals surface area contributed by atoms with Crippen LogP contribution in [0, 0.1) is 5.92 Å². The Morgan fingerprint density at radius 1 is 0.968 bits per heavy atom. The van der Waals surface area contributed by atoms with Gasteiger partial charge in [-0.25, -0.2) is 4.79 Å². The van der Waals surface area contributed by atoms with Crippen molar-refractivity contribution in [2.75, 3.05) is 12.3 Å². The summed E-state index contributed by atoms with van der Waals surface area (Å²) in [5.41, 5.74) is 11.2. The number of thiol groups is 1. The van der Waals surface area contributed by atoms with Crippen LogP contribution in [-0.2, 0) is 19.2 Å². The lowest BCUT2D eigenvalue weighted by atomic mass is 9.97. The zero-order chi connectivity index (χ0) is 24.1. The normalized spacial score (nSPS) is 16.9. The molecule has 0 heterocycles. The number of aliphatic hydroxyl groups excluding tert-OH is 1. The molecule has 6 unspecified atom stereocenters. The van der Waals surface area contributed by atoms with Crippen molar-refractivity contribution in [3.8, 4) is 0 Å². The summed E-state index contributed by atoms with van der Waals surface area (Å²) >= 11 is 3.98. The van der Waals surface area contributed by atoms with E-state index in [4.69, 9.17) is 11.5 Å². The molecule has 180 valence electrons. The van der Waals surface area contributed by atoms with Crippen molar-refractivity contribution in [3.05, 3.63) is 0 Å². The van der Waals surface area contributed by atoms with Gasteiger partial charge in [-0.1, -0.05) is 20.3 Å². The minimum atomic E-state index is -1.53. The van der Waals surface area contributed by atoms with Crippen molar-refractivity contribution in [2.45, 2.75) is 76.7 Å². The first kappa shape index (κ1) is 29.1. The highest BCUT2D eigenvalue weighted by Gasteiger charge is 2.33. The SMILES string of the molecule is CCC(C)C(NC(=O)C(N)CS)C(=O)NC(CCCCN)C(=O)NC(C(=O)O)C(C)O. The summed E-state index contributed by atoms with van der Waals surface area (Å²) in [6.07, 6.45) is 0.545. The van der Waals surface area contributed by atoms with Gasteiger partial charge < -0.3 is 37.6 Å². The summed E-state index contributed by atoms with van der Waals surface area (Å²) < 4.78 is 0. The average molecular weight is 464 g/mol. The number of aliphatic carboxylic acids is 1. The summed E-state index contributed by atoms with van der Waals surface area (Å²) in [5.74, 6) is -3.44. The van der Waals surface area contributed by atoms with Crippen LogP contribution in [0.4, 0.5) is 0 Å². The molecular formula is C19H37N5O6S. The molecule has 0 aliphatic carbocycles. The van der Waals surface area contributed by atoms with Gasteiger partial charge in [0.15, 0.2) is 6.04 Å². The van der Waals surface area contributed by atoms with E-state index in [-0.39, 0.29) is 18.1 Å². The van der Waals surface area contributed by atoms with E-state index in [1.54, 1.807) is 6.92 Å². The second-order valence-electron chi connectivity index (χ2n) is 7.57. The van der Waals surface area contributed by atoms with Crippen LogP contribution >= 0.6 is 12.6 Å². The molecular weight excluding hydrogens is 426 g/mol. The Bertz CT molecular complexity index is 606. The van der Waals surface area contributed by atoms with Crippen LogP contribution in [-0.4, -0.2) is 76.5 Å². The van der Waals surface area contributed by atoms with Gasteiger partial charge in [-0.15, -0.1) is 0 Å². The molecule has 31 heavy (non-hydrogen) atoms. The topological polar surface area (TPSA) is 197 Å². The van der Waals surface area contributed by atoms with Gasteiger partial charge in [-0.3, -0.25) is 14.4 Å². The van der Waals surface area contributed by atoms with Crippen LogP contribution in [0.1, 0.15) is 46.5 Å². The number of unbranched alkanes of at least 4 members (excludes halogenated alkanes) is 1. The van der Waals surface area contributed by atoms with Gasteiger partial charge in [0.25, 0.3) is 0 Å². The highest BCUT2D eigenvalue weighted by atomic mass is 32.1. The Kier molecular flexibility index (Phi) is 14.1. The van der Waals surface area contributed by atoms with Gasteiger partial charge in [0.1, 0.15) is 12.1 Å². The van der Waals surface area contributed by atoms with Crippen LogP contribution < -0.4 is 27.4 Å². The number of rotatable bonds is 15. The lowest BCUT2D eigenvalue weighted by Gasteiger charge is -2.28. The Morgan fingerprint density at radius 3 is 2.00 bits per heavy atom. The summed E-state index contributed by atoms with van der Waals surface area (Å²) in [6, 6.07) is -4.43. The minimum absolute atomic E-state index is 0.0979. The van der Waals surface area contributed by atoms with Gasteiger partial charge in [0.05, 0.1) is 12.1 Å². The van der Waals surface area contributed by atoms with Crippen LogP contribution in [0.15, 0.2) is 0 Å². The molecule has 0 rings (SSSR count). The summed E-state index contributed by atoms with van der Waals surface area (Å²) in [6.45, 7) is 5.25. The Hall–Kier alpha value is -1.89. The molecule has 0 aromatic carbocycles. The maximum Gasteiger partial charge on any atom is 0.328 e. The van der Waals surface area contributed by atoms with Crippen LogP contribution in [0.25, 0.3) is 0 Å². The minimum Gasteiger partial charge on any atom is -0.480 e. The second-order valence-corrected chi connectivity index (χ2v) is 7.94. The quantitative estimate of drug-likeness (QED) is 0.104. The summed E-state index contributed by atoms with van der Waals surface area (Å²) in [4.78, 5) is 49.1. The van der Waals surface area contributed by atoms with Crippen molar-refractivity contribution in [1.82, 2.24) is 16.0 Å². The van der Waals surface area contributed by atoms with E-state index in [9.17, 15) is 29.4 Å². The number of nitrogens with two attached hydrogens (primary N) is 2.